The first-order valence-corrected chi connectivity index (χ1v) is 9.77. The van der Waals surface area contributed by atoms with Crippen molar-refractivity contribution < 1.29 is 52.3 Å². The van der Waals surface area contributed by atoms with Gasteiger partial charge in [0, 0.05) is 0 Å². The summed E-state index contributed by atoms with van der Waals surface area (Å²) in [6.45, 7) is 5.81. The molecule has 0 unspecified atom stereocenters. The van der Waals surface area contributed by atoms with Crippen molar-refractivity contribution in [1.29, 1.82) is 0 Å². The van der Waals surface area contributed by atoms with Gasteiger partial charge in [-0.15, -0.1) is 0 Å². The van der Waals surface area contributed by atoms with E-state index in [1.165, 1.54) is 70.4 Å². The van der Waals surface area contributed by atoms with Crippen molar-refractivity contribution in [3.8, 4) is 0 Å². The zero-order valence-electron chi connectivity index (χ0n) is 15.4. The van der Waals surface area contributed by atoms with E-state index in [9.17, 15) is 13.2 Å². The molecule has 2 fully saturated rings. The van der Waals surface area contributed by atoms with Gasteiger partial charge in [-0.2, -0.15) is 21.6 Å². The van der Waals surface area contributed by atoms with E-state index in [1.54, 1.807) is 0 Å². The Balaban J connectivity index is -0.000000258. The van der Waals surface area contributed by atoms with E-state index >= 15 is 0 Å². The molecule has 1 N–H and O–H groups in total. The van der Waals surface area contributed by atoms with Crippen molar-refractivity contribution in [2.24, 2.45) is 5.41 Å². The Labute approximate surface area is 169 Å². The van der Waals surface area contributed by atoms with Gasteiger partial charge in [-0.25, -0.2) is 6.21 Å². The molecule has 0 amide bonds. The van der Waals surface area contributed by atoms with Crippen LogP contribution >= 0.6 is 0 Å². The first-order chi connectivity index (χ1) is 10.8. The molecule has 0 aromatic rings. The summed E-state index contributed by atoms with van der Waals surface area (Å²) < 4.78 is 57.5. The molecule has 0 heterocycles. The Morgan fingerprint density at radius 1 is 0.800 bits per heavy atom. The van der Waals surface area contributed by atoms with Crippen LogP contribution in [0.25, 0.3) is 5.41 Å². The van der Waals surface area contributed by atoms with Gasteiger partial charge in [0.2, 0.25) is 0 Å². The molecular weight excluding hydrogens is 434 g/mol. The number of alkyl halides is 3. The Hall–Kier alpha value is 0.253. The van der Waals surface area contributed by atoms with Gasteiger partial charge in [0.1, 0.15) is 0 Å². The van der Waals surface area contributed by atoms with Crippen LogP contribution in [0, 0.1) is 5.41 Å². The van der Waals surface area contributed by atoms with E-state index in [1.807, 2.05) is 20.8 Å². The van der Waals surface area contributed by atoms with Crippen LogP contribution in [0.15, 0.2) is 0 Å². The molecule has 2 aliphatic carbocycles. The van der Waals surface area contributed by atoms with Gasteiger partial charge < -0.3 is 5.41 Å². The average molecular weight is 466 g/mol. The van der Waals surface area contributed by atoms with Crippen molar-refractivity contribution in [2.75, 3.05) is 0 Å². The summed E-state index contributed by atoms with van der Waals surface area (Å²) in [7, 11) is -5.84. The second-order valence-corrected chi connectivity index (χ2v) is 8.36. The summed E-state index contributed by atoms with van der Waals surface area (Å²) in [6, 6.07) is 0. The Bertz CT molecular complexity index is 388. The Morgan fingerprint density at radius 2 is 0.920 bits per heavy atom. The normalized spacial score (nSPS) is 16.8. The van der Waals surface area contributed by atoms with Gasteiger partial charge >= 0.3 is 41.8 Å². The minimum absolute atomic E-state index is 0. The van der Waals surface area contributed by atoms with Gasteiger partial charge in [-0.05, 0) is 5.41 Å². The van der Waals surface area contributed by atoms with E-state index in [0.29, 0.717) is 0 Å². The summed E-state index contributed by atoms with van der Waals surface area (Å²) in [4.78, 5) is 0. The SMILES string of the molecule is C1CCCC1.C1CCCC1.CC(C)(C)C=[N-].O=S(=O)(O)C(F)(F)F.[Zr+3]. The van der Waals surface area contributed by atoms with Crippen LogP contribution in [-0.2, 0) is 36.3 Å². The van der Waals surface area contributed by atoms with Crippen molar-refractivity contribution >= 4 is 16.3 Å². The third-order valence-electron chi connectivity index (χ3n) is 3.18. The van der Waals surface area contributed by atoms with Crippen LogP contribution in [0.4, 0.5) is 13.2 Å². The Kier molecular flexibility index (Phi) is 18.4. The van der Waals surface area contributed by atoms with Crippen LogP contribution in [0.1, 0.15) is 85.0 Å². The van der Waals surface area contributed by atoms with Crippen LogP contribution in [-0.4, -0.2) is 24.7 Å². The molecule has 147 valence electrons. The molecule has 4 nitrogen and oxygen atoms in total. The van der Waals surface area contributed by atoms with Crippen LogP contribution in [0.2, 0.25) is 0 Å². The fourth-order valence-corrected chi connectivity index (χ4v) is 1.77. The maximum Gasteiger partial charge on any atom is 3.00 e. The largest absolute Gasteiger partial charge is 3.00 e. The molecule has 25 heavy (non-hydrogen) atoms. The molecule has 0 aromatic carbocycles. The van der Waals surface area contributed by atoms with E-state index in [0.717, 1.165) is 0 Å². The summed E-state index contributed by atoms with van der Waals surface area (Å²) in [6.07, 6.45) is 16.2. The molecular formula is C16H31F3NO3SZr+2. The molecule has 0 bridgehead atoms. The second kappa shape index (κ2) is 15.3. The fourth-order valence-electron chi connectivity index (χ4n) is 1.77. The van der Waals surface area contributed by atoms with E-state index < -0.39 is 15.6 Å². The fraction of sp³-hybridized carbons (Fsp3) is 0.938. The first kappa shape index (κ1) is 30.0. The van der Waals surface area contributed by atoms with Crippen molar-refractivity contribution in [2.45, 2.75) is 90.5 Å². The van der Waals surface area contributed by atoms with Crippen molar-refractivity contribution in [3.05, 3.63) is 5.41 Å². The number of rotatable bonds is 0. The van der Waals surface area contributed by atoms with Crippen molar-refractivity contribution in [3.63, 3.8) is 0 Å². The minimum atomic E-state index is -5.84. The maximum absolute atomic E-state index is 10.7. The van der Waals surface area contributed by atoms with Gasteiger partial charge in [-0.3, -0.25) is 4.55 Å². The molecule has 2 aliphatic rings. The van der Waals surface area contributed by atoms with E-state index in [2.05, 4.69) is 0 Å². The molecule has 1 radical (unpaired) electrons. The van der Waals surface area contributed by atoms with Gasteiger partial charge in [0.25, 0.3) is 0 Å². The summed E-state index contributed by atoms with van der Waals surface area (Å²) in [5, 5.41) is 8.28. The number of hydrogen-bond donors (Lipinski definition) is 1. The molecule has 2 saturated carbocycles. The van der Waals surface area contributed by atoms with Gasteiger partial charge in [0.15, 0.2) is 0 Å². The monoisotopic (exact) mass is 464 g/mol. The minimum Gasteiger partial charge on any atom is -0.814 e. The van der Waals surface area contributed by atoms with Crippen LogP contribution in [0.3, 0.4) is 0 Å². The number of halogens is 3. The molecule has 0 aliphatic heterocycles. The number of nitrogens with zero attached hydrogens (tertiary/aromatic N) is 1. The van der Waals surface area contributed by atoms with E-state index in [4.69, 9.17) is 18.4 Å². The average Bonchev–Trinajstić information content (AvgIpc) is 3.15. The zero-order valence-corrected chi connectivity index (χ0v) is 18.7. The summed E-state index contributed by atoms with van der Waals surface area (Å²) in [5.74, 6) is 0. The topological polar surface area (TPSA) is 76.7 Å². The van der Waals surface area contributed by atoms with Gasteiger partial charge in [0.05, 0.1) is 0 Å². The Morgan fingerprint density at radius 3 is 0.960 bits per heavy atom. The smallest absolute Gasteiger partial charge is 0.814 e. The molecule has 0 saturated heterocycles. The quantitative estimate of drug-likeness (QED) is 0.272. The third-order valence-corrected chi connectivity index (χ3v) is 3.76. The second-order valence-electron chi connectivity index (χ2n) is 6.95. The predicted octanol–water partition coefficient (Wildman–Crippen LogP) is 5.97. The summed E-state index contributed by atoms with van der Waals surface area (Å²) >= 11 is 0. The van der Waals surface area contributed by atoms with E-state index in [-0.39, 0.29) is 31.6 Å². The summed E-state index contributed by atoms with van der Waals surface area (Å²) in [5.41, 5.74) is -5.56. The number of hydrogen-bond acceptors (Lipinski definition) is 2. The zero-order chi connectivity index (χ0) is 19.3. The maximum atomic E-state index is 10.7. The standard InChI is InChI=1S/C5H10N.2C5H10.CHF3O3S.Zr/c1-5(2,3)4-6;2*1-2-4-5-3-1;2-1(3,4)8(5,6)7;/h4H,1-3H3;2*1-5H2;(H,5,6,7);/q-1;;;;+3. The first-order valence-electron chi connectivity index (χ1n) is 8.33. The molecule has 9 heteroatoms. The molecule has 2 rings (SSSR count). The van der Waals surface area contributed by atoms with Crippen LogP contribution < -0.4 is 0 Å². The molecule has 0 atom stereocenters. The molecule has 0 aromatic heterocycles. The van der Waals surface area contributed by atoms with Crippen molar-refractivity contribution in [1.82, 2.24) is 0 Å². The third kappa shape index (κ3) is 24.3. The van der Waals surface area contributed by atoms with Gasteiger partial charge in [-0.1, -0.05) is 85.0 Å². The predicted molar refractivity (Wildman–Crippen MR) is 92.7 cm³/mol. The van der Waals surface area contributed by atoms with Crippen LogP contribution in [0.5, 0.6) is 0 Å². The molecule has 0 spiro atoms.